The first kappa shape index (κ1) is 14.0. The quantitative estimate of drug-likeness (QED) is 0.688. The molecule has 1 aromatic carbocycles. The summed E-state index contributed by atoms with van der Waals surface area (Å²) in [5.41, 5.74) is 0.596. The minimum atomic E-state index is -0.529. The molecule has 0 fully saturated rings. The third kappa shape index (κ3) is 3.71. The van der Waals surface area contributed by atoms with Crippen LogP contribution in [0.1, 0.15) is 17.3 Å². The number of nitrogens with one attached hydrogen (secondary N) is 1. The van der Waals surface area contributed by atoms with Gasteiger partial charge in [0.15, 0.2) is 0 Å². The molecular formula is C11H11BrClNO3. The molecular weight excluding hydrogens is 309 g/mol. The van der Waals surface area contributed by atoms with Crippen LogP contribution in [0, 0.1) is 0 Å². The maximum absolute atomic E-state index is 11.5. The Balaban J connectivity index is 3.07. The van der Waals surface area contributed by atoms with Gasteiger partial charge in [0.2, 0.25) is 5.91 Å². The standard InChI is InChI=1S/C11H11BrClNO3/c1-6(12)10(15)14-9-5-7(13)3-4-8(9)11(16)17-2/h3-6H,1-2H3,(H,14,15). The predicted molar refractivity (Wildman–Crippen MR) is 69.8 cm³/mol. The monoisotopic (exact) mass is 319 g/mol. The lowest BCUT2D eigenvalue weighted by Crippen LogP contribution is -2.21. The zero-order chi connectivity index (χ0) is 13.0. The van der Waals surface area contributed by atoms with Gasteiger partial charge in [0.25, 0.3) is 0 Å². The molecule has 0 aromatic heterocycles. The van der Waals surface area contributed by atoms with E-state index in [2.05, 4.69) is 26.0 Å². The van der Waals surface area contributed by atoms with Crippen LogP contribution >= 0.6 is 27.5 Å². The van der Waals surface area contributed by atoms with E-state index < -0.39 is 5.97 Å². The zero-order valence-electron chi connectivity index (χ0n) is 9.29. The van der Waals surface area contributed by atoms with Crippen molar-refractivity contribution in [3.8, 4) is 0 Å². The molecule has 0 spiro atoms. The van der Waals surface area contributed by atoms with E-state index in [1.807, 2.05) is 0 Å². The summed E-state index contributed by atoms with van der Waals surface area (Å²) in [4.78, 5) is 22.6. The van der Waals surface area contributed by atoms with Gasteiger partial charge in [-0.3, -0.25) is 4.79 Å². The fourth-order valence-electron chi connectivity index (χ4n) is 1.14. The first-order chi connectivity index (χ1) is 7.95. The van der Waals surface area contributed by atoms with Gasteiger partial charge in [-0.05, 0) is 25.1 Å². The van der Waals surface area contributed by atoms with Gasteiger partial charge in [0.1, 0.15) is 0 Å². The topological polar surface area (TPSA) is 55.4 Å². The average molecular weight is 321 g/mol. The number of carbonyl (C=O) groups is 2. The Morgan fingerprint density at radius 2 is 2.12 bits per heavy atom. The molecule has 17 heavy (non-hydrogen) atoms. The number of benzene rings is 1. The molecule has 1 aromatic rings. The van der Waals surface area contributed by atoms with E-state index in [1.54, 1.807) is 13.0 Å². The highest BCUT2D eigenvalue weighted by Crippen LogP contribution is 2.22. The molecule has 1 N–H and O–H groups in total. The summed E-state index contributed by atoms with van der Waals surface area (Å²) >= 11 is 8.95. The third-order valence-corrected chi connectivity index (χ3v) is 2.66. The predicted octanol–water partition coefficient (Wildman–Crippen LogP) is 2.85. The summed E-state index contributed by atoms with van der Waals surface area (Å²) in [6, 6.07) is 4.56. The number of esters is 1. The van der Waals surface area contributed by atoms with Gasteiger partial charge in [-0.15, -0.1) is 0 Å². The van der Waals surface area contributed by atoms with Crippen molar-refractivity contribution in [1.82, 2.24) is 0 Å². The van der Waals surface area contributed by atoms with Crippen LogP contribution in [0.2, 0.25) is 5.02 Å². The van der Waals surface area contributed by atoms with Gasteiger partial charge in [0.05, 0.1) is 23.2 Å². The maximum atomic E-state index is 11.5. The van der Waals surface area contributed by atoms with Gasteiger partial charge >= 0.3 is 5.97 Å². The van der Waals surface area contributed by atoms with Crippen molar-refractivity contribution in [1.29, 1.82) is 0 Å². The Kier molecular flexibility index (Phi) is 4.96. The Morgan fingerprint density at radius 3 is 2.65 bits per heavy atom. The first-order valence-corrected chi connectivity index (χ1v) is 6.08. The molecule has 6 heteroatoms. The minimum Gasteiger partial charge on any atom is -0.465 e. The van der Waals surface area contributed by atoms with Gasteiger partial charge in [-0.1, -0.05) is 27.5 Å². The number of methoxy groups -OCH3 is 1. The van der Waals surface area contributed by atoms with Crippen LogP contribution in [0.15, 0.2) is 18.2 Å². The number of hydrogen-bond acceptors (Lipinski definition) is 3. The van der Waals surface area contributed by atoms with Crippen LogP contribution in [-0.4, -0.2) is 23.8 Å². The van der Waals surface area contributed by atoms with Gasteiger partial charge < -0.3 is 10.1 Å². The lowest BCUT2D eigenvalue weighted by Gasteiger charge is -2.11. The molecule has 0 aliphatic carbocycles. The molecule has 0 saturated heterocycles. The number of hydrogen-bond donors (Lipinski definition) is 1. The maximum Gasteiger partial charge on any atom is 0.339 e. The highest BCUT2D eigenvalue weighted by molar-refractivity contribution is 9.10. The molecule has 4 nitrogen and oxygen atoms in total. The molecule has 0 saturated carbocycles. The zero-order valence-corrected chi connectivity index (χ0v) is 11.6. The van der Waals surface area contributed by atoms with Crippen molar-refractivity contribution in [2.45, 2.75) is 11.8 Å². The lowest BCUT2D eigenvalue weighted by atomic mass is 10.1. The second-order valence-electron chi connectivity index (χ2n) is 3.29. The van der Waals surface area contributed by atoms with E-state index in [0.717, 1.165) is 0 Å². The molecule has 1 atom stereocenters. The molecule has 0 radical (unpaired) electrons. The Bertz CT molecular complexity index is 448. The summed E-state index contributed by atoms with van der Waals surface area (Å²) in [5.74, 6) is -0.795. The van der Waals surface area contributed by atoms with Gasteiger partial charge in [-0.2, -0.15) is 0 Å². The normalized spacial score (nSPS) is 11.8. The smallest absolute Gasteiger partial charge is 0.339 e. The second kappa shape index (κ2) is 6.02. The first-order valence-electron chi connectivity index (χ1n) is 4.78. The van der Waals surface area contributed by atoms with Crippen LogP contribution in [0.4, 0.5) is 5.69 Å². The highest BCUT2D eigenvalue weighted by Gasteiger charge is 2.16. The Hall–Kier alpha value is -1.07. The summed E-state index contributed by atoms with van der Waals surface area (Å²) < 4.78 is 4.61. The van der Waals surface area contributed by atoms with Crippen molar-refractivity contribution in [3.05, 3.63) is 28.8 Å². The van der Waals surface area contributed by atoms with Crippen LogP contribution in [0.25, 0.3) is 0 Å². The molecule has 1 amide bonds. The van der Waals surface area contributed by atoms with Crippen LogP contribution in [0.3, 0.4) is 0 Å². The number of amides is 1. The van der Waals surface area contributed by atoms with E-state index in [1.165, 1.54) is 19.2 Å². The summed E-state index contributed by atoms with van der Waals surface area (Å²) in [5, 5.41) is 3.02. The molecule has 1 rings (SSSR count). The summed E-state index contributed by atoms with van der Waals surface area (Å²) in [6.07, 6.45) is 0. The SMILES string of the molecule is COC(=O)c1ccc(Cl)cc1NC(=O)C(C)Br. The fraction of sp³-hybridized carbons (Fsp3) is 0.273. The third-order valence-electron chi connectivity index (χ3n) is 2.01. The molecule has 0 heterocycles. The average Bonchev–Trinajstić information content (AvgIpc) is 2.28. The number of carbonyl (C=O) groups excluding carboxylic acids is 2. The summed E-state index contributed by atoms with van der Waals surface area (Å²) in [7, 11) is 1.27. The lowest BCUT2D eigenvalue weighted by molar-refractivity contribution is -0.115. The van der Waals surface area contributed by atoms with Gasteiger partial charge in [-0.25, -0.2) is 4.79 Å². The molecule has 1 unspecified atom stereocenters. The van der Waals surface area contributed by atoms with Crippen LogP contribution in [0.5, 0.6) is 0 Å². The van der Waals surface area contributed by atoms with E-state index in [-0.39, 0.29) is 16.3 Å². The molecule has 0 aliphatic rings. The number of ether oxygens (including phenoxy) is 1. The number of halogens is 2. The fourth-order valence-corrected chi connectivity index (χ4v) is 1.43. The van der Waals surface area contributed by atoms with Crippen molar-refractivity contribution >= 4 is 45.1 Å². The van der Waals surface area contributed by atoms with E-state index >= 15 is 0 Å². The Labute approximate surface area is 112 Å². The molecule has 0 bridgehead atoms. The van der Waals surface area contributed by atoms with Crippen LogP contribution in [-0.2, 0) is 9.53 Å². The van der Waals surface area contributed by atoms with Crippen molar-refractivity contribution in [3.63, 3.8) is 0 Å². The van der Waals surface area contributed by atoms with Crippen LogP contribution < -0.4 is 5.32 Å². The van der Waals surface area contributed by atoms with E-state index in [9.17, 15) is 9.59 Å². The second-order valence-corrected chi connectivity index (χ2v) is 5.10. The van der Waals surface area contributed by atoms with Crippen molar-refractivity contribution < 1.29 is 14.3 Å². The molecule has 92 valence electrons. The minimum absolute atomic E-state index is 0.262. The number of alkyl halides is 1. The largest absolute Gasteiger partial charge is 0.465 e. The Morgan fingerprint density at radius 1 is 1.47 bits per heavy atom. The van der Waals surface area contributed by atoms with E-state index in [0.29, 0.717) is 10.7 Å². The van der Waals surface area contributed by atoms with Gasteiger partial charge in [0, 0.05) is 5.02 Å². The summed E-state index contributed by atoms with van der Waals surface area (Å²) in [6.45, 7) is 1.68. The number of anilines is 1. The van der Waals surface area contributed by atoms with E-state index in [4.69, 9.17) is 11.6 Å². The van der Waals surface area contributed by atoms with Crippen molar-refractivity contribution in [2.75, 3.05) is 12.4 Å². The number of rotatable bonds is 3. The highest BCUT2D eigenvalue weighted by atomic mass is 79.9. The molecule has 0 aliphatic heterocycles. The van der Waals surface area contributed by atoms with Crippen molar-refractivity contribution in [2.24, 2.45) is 0 Å².